The van der Waals surface area contributed by atoms with Crippen molar-refractivity contribution in [1.82, 2.24) is 0 Å². The van der Waals surface area contributed by atoms with Crippen LogP contribution in [0.1, 0.15) is 18.1 Å². The van der Waals surface area contributed by atoms with Crippen molar-refractivity contribution < 1.29 is 19.4 Å². The van der Waals surface area contributed by atoms with Gasteiger partial charge in [-0.05, 0) is 71.5 Å². The van der Waals surface area contributed by atoms with Crippen LogP contribution in [-0.2, 0) is 16.1 Å². The molecule has 3 aromatic carbocycles. The van der Waals surface area contributed by atoms with Crippen LogP contribution in [0.4, 0.5) is 5.69 Å². The molecule has 0 spiro atoms. The lowest BCUT2D eigenvalue weighted by atomic mass is 10.1. The minimum absolute atomic E-state index is 0.0707. The molecule has 0 aliphatic carbocycles. The highest BCUT2D eigenvalue weighted by Gasteiger charge is 2.33. The van der Waals surface area contributed by atoms with E-state index < -0.39 is 5.97 Å². The Balaban J connectivity index is 1.59. The fourth-order valence-electron chi connectivity index (χ4n) is 3.26. The fraction of sp³-hybridized carbons (Fsp3) is 0.111. The van der Waals surface area contributed by atoms with Crippen LogP contribution in [0.5, 0.6) is 5.75 Å². The van der Waals surface area contributed by atoms with Gasteiger partial charge in [-0.25, -0.2) is 9.79 Å². The molecule has 178 valence electrons. The maximum Gasteiger partial charge on any atom is 0.344 e. The molecule has 0 unspecified atom stereocenters. The van der Waals surface area contributed by atoms with Crippen LogP contribution < -0.4 is 4.74 Å². The van der Waals surface area contributed by atoms with Crippen LogP contribution in [0.15, 0.2) is 94.0 Å². The number of carbonyl (C=O) groups excluding carboxylic acids is 1. The normalized spacial score (nSPS) is 15.6. The predicted octanol–water partition coefficient (Wildman–Crippen LogP) is 7.72. The van der Waals surface area contributed by atoms with Crippen LogP contribution >= 0.6 is 46.0 Å². The summed E-state index contributed by atoms with van der Waals surface area (Å²) in [5.74, 6) is -0.0179. The molecular formula is C27H21ClINO4S. The number of hydrogen-bond acceptors (Lipinski definition) is 6. The van der Waals surface area contributed by atoms with Gasteiger partial charge < -0.3 is 14.6 Å². The molecule has 1 aliphatic rings. The molecule has 8 heteroatoms. The first-order valence-corrected chi connectivity index (χ1v) is 13.0. The summed E-state index contributed by atoms with van der Waals surface area (Å²) in [5.41, 5.74) is 2.50. The number of hydrogen-bond donors (Lipinski definition) is 1. The highest BCUT2D eigenvalue weighted by atomic mass is 127. The Morgan fingerprint density at radius 1 is 1.11 bits per heavy atom. The first kappa shape index (κ1) is 25.3. The number of carbonyl (C=O) groups is 1. The zero-order valence-corrected chi connectivity index (χ0v) is 22.4. The van der Waals surface area contributed by atoms with Crippen molar-refractivity contribution in [2.24, 2.45) is 4.99 Å². The van der Waals surface area contributed by atoms with Crippen molar-refractivity contribution in [3.8, 4) is 5.75 Å². The number of benzene rings is 3. The van der Waals surface area contributed by atoms with Gasteiger partial charge in [-0.3, -0.25) is 0 Å². The van der Waals surface area contributed by atoms with Gasteiger partial charge in [0.15, 0.2) is 0 Å². The van der Waals surface area contributed by atoms with Crippen LogP contribution in [0.3, 0.4) is 0 Å². The van der Waals surface area contributed by atoms with Gasteiger partial charge in [-0.15, -0.1) is 0 Å². The molecule has 0 atom stereocenters. The molecule has 1 N–H and O–H groups in total. The maximum atomic E-state index is 12.6. The topological polar surface area (TPSA) is 68.1 Å². The molecule has 4 rings (SSSR count). The van der Waals surface area contributed by atoms with E-state index in [1.54, 1.807) is 6.92 Å². The van der Waals surface area contributed by atoms with Gasteiger partial charge in [-0.1, -0.05) is 65.8 Å². The second-order valence-electron chi connectivity index (χ2n) is 7.38. The zero-order chi connectivity index (χ0) is 24.8. The van der Waals surface area contributed by atoms with Crippen molar-refractivity contribution in [1.29, 1.82) is 0 Å². The Labute approximate surface area is 226 Å². The molecule has 1 heterocycles. The lowest BCUT2D eigenvalue weighted by Gasteiger charge is -2.10. The molecule has 0 amide bonds. The molecular weight excluding hydrogens is 597 g/mol. The van der Waals surface area contributed by atoms with Crippen LogP contribution in [0.2, 0.25) is 5.02 Å². The number of halogens is 2. The third kappa shape index (κ3) is 6.28. The highest BCUT2D eigenvalue weighted by molar-refractivity contribution is 14.1. The number of para-hydroxylation sites is 1. The van der Waals surface area contributed by atoms with Crippen LogP contribution in [0.25, 0.3) is 6.08 Å². The monoisotopic (exact) mass is 617 g/mol. The van der Waals surface area contributed by atoms with E-state index in [0.29, 0.717) is 27.3 Å². The number of esters is 1. The number of rotatable bonds is 7. The molecule has 35 heavy (non-hydrogen) atoms. The molecule has 0 fully saturated rings. The van der Waals surface area contributed by atoms with Gasteiger partial charge in [0.25, 0.3) is 0 Å². The maximum absolute atomic E-state index is 12.6. The summed E-state index contributed by atoms with van der Waals surface area (Å²) >= 11 is 9.65. The average molecular weight is 618 g/mol. The van der Waals surface area contributed by atoms with E-state index >= 15 is 0 Å². The molecule has 0 saturated carbocycles. The second-order valence-corrected chi connectivity index (χ2v) is 9.98. The summed E-state index contributed by atoms with van der Waals surface area (Å²) in [5, 5.41) is 11.9. The largest absolute Gasteiger partial charge is 0.506 e. The first-order valence-electron chi connectivity index (χ1n) is 10.8. The van der Waals surface area contributed by atoms with Crippen LogP contribution in [-0.4, -0.2) is 22.7 Å². The summed E-state index contributed by atoms with van der Waals surface area (Å²) in [6, 6.07) is 22.5. The number of aliphatic hydroxyl groups is 1. The molecule has 1 aliphatic heterocycles. The minimum Gasteiger partial charge on any atom is -0.506 e. The van der Waals surface area contributed by atoms with Gasteiger partial charge in [0.1, 0.15) is 28.7 Å². The Kier molecular flexibility index (Phi) is 8.54. The average Bonchev–Trinajstić information content (AvgIpc) is 3.14. The Morgan fingerprint density at radius 2 is 1.86 bits per heavy atom. The summed E-state index contributed by atoms with van der Waals surface area (Å²) in [7, 11) is 0. The van der Waals surface area contributed by atoms with Crippen LogP contribution in [0, 0.1) is 3.57 Å². The van der Waals surface area contributed by atoms with E-state index in [0.717, 1.165) is 20.4 Å². The number of aliphatic hydroxyl groups excluding tert-OH is 1. The Bertz CT molecular complexity index is 1340. The van der Waals surface area contributed by atoms with E-state index in [4.69, 9.17) is 21.1 Å². The van der Waals surface area contributed by atoms with E-state index in [1.165, 1.54) is 11.8 Å². The van der Waals surface area contributed by atoms with Gasteiger partial charge in [0.2, 0.25) is 0 Å². The molecule has 0 radical (unpaired) electrons. The zero-order valence-electron chi connectivity index (χ0n) is 18.7. The lowest BCUT2D eigenvalue weighted by Crippen LogP contribution is -2.12. The van der Waals surface area contributed by atoms with E-state index in [-0.39, 0.29) is 17.9 Å². The summed E-state index contributed by atoms with van der Waals surface area (Å²) in [4.78, 5) is 17.7. The quantitative estimate of drug-likeness (QED) is 0.217. The van der Waals surface area contributed by atoms with Gasteiger partial charge >= 0.3 is 5.97 Å². The first-order chi connectivity index (χ1) is 17.0. The molecule has 0 bridgehead atoms. The van der Waals surface area contributed by atoms with E-state index in [2.05, 4.69) is 27.6 Å². The second kappa shape index (κ2) is 11.8. The van der Waals surface area contributed by atoms with Crippen molar-refractivity contribution >= 4 is 68.7 Å². The van der Waals surface area contributed by atoms with Crippen molar-refractivity contribution in [3.05, 3.63) is 109 Å². The standard InChI is InChI=1S/C27H21ClINO4S/c1-2-33-27(32)24-25(31)23(35-26(24)30-19-9-4-3-5-10-19)15-17-12-13-22(21(29)14-17)34-16-18-8-6-7-11-20(18)28/h3-15,31H,2,16H2,1H3/b23-15-,30-26?. The predicted molar refractivity (Wildman–Crippen MR) is 150 cm³/mol. The van der Waals surface area contributed by atoms with Crippen molar-refractivity contribution in [2.45, 2.75) is 13.5 Å². The van der Waals surface area contributed by atoms with Crippen molar-refractivity contribution in [2.75, 3.05) is 6.61 Å². The van der Waals surface area contributed by atoms with Gasteiger partial charge in [0.05, 0.1) is 20.8 Å². The van der Waals surface area contributed by atoms with E-state index in [1.807, 2.05) is 78.9 Å². The fourth-order valence-corrected chi connectivity index (χ4v) is 5.18. The summed E-state index contributed by atoms with van der Waals surface area (Å²) < 4.78 is 12.0. The molecule has 5 nitrogen and oxygen atoms in total. The minimum atomic E-state index is -0.603. The Hall–Kier alpha value is -2.75. The highest BCUT2D eigenvalue weighted by Crippen LogP contribution is 2.40. The summed E-state index contributed by atoms with van der Waals surface area (Å²) in [6.45, 7) is 2.28. The van der Waals surface area contributed by atoms with Gasteiger partial charge in [-0.2, -0.15) is 0 Å². The smallest absolute Gasteiger partial charge is 0.344 e. The lowest BCUT2D eigenvalue weighted by molar-refractivity contribution is -0.138. The number of thioether (sulfide) groups is 1. The molecule has 0 aromatic heterocycles. The summed E-state index contributed by atoms with van der Waals surface area (Å²) in [6.07, 6.45) is 1.81. The number of ether oxygens (including phenoxy) is 2. The molecule has 3 aromatic rings. The van der Waals surface area contributed by atoms with E-state index in [9.17, 15) is 9.90 Å². The number of aliphatic imine (C=N–C) groups is 1. The SMILES string of the molecule is CCOC(=O)C1=C(O)/C(=C/c2ccc(OCc3ccccc3Cl)c(I)c2)SC1=Nc1ccccc1. The third-order valence-electron chi connectivity index (χ3n) is 4.95. The molecule has 0 saturated heterocycles. The number of nitrogens with zero attached hydrogens (tertiary/aromatic N) is 1. The van der Waals surface area contributed by atoms with Gasteiger partial charge in [0, 0.05) is 10.6 Å². The third-order valence-corrected chi connectivity index (χ3v) is 7.18. The van der Waals surface area contributed by atoms with Crippen molar-refractivity contribution in [3.63, 3.8) is 0 Å². The Morgan fingerprint density at radius 3 is 2.57 bits per heavy atom.